The lowest BCUT2D eigenvalue weighted by Crippen LogP contribution is -2.45. The van der Waals surface area contributed by atoms with Gasteiger partial charge in [-0.05, 0) is 44.7 Å². The number of hydrogen-bond donors (Lipinski definition) is 2. The Labute approximate surface area is 118 Å². The van der Waals surface area contributed by atoms with Gasteiger partial charge in [-0.15, -0.1) is 0 Å². The van der Waals surface area contributed by atoms with Crippen LogP contribution in [0, 0.1) is 11.3 Å². The van der Waals surface area contributed by atoms with Crippen molar-refractivity contribution in [2.45, 2.75) is 53.0 Å². The van der Waals surface area contributed by atoms with Crippen molar-refractivity contribution in [3.05, 3.63) is 0 Å². The minimum atomic E-state index is -0.0685. The number of likely N-dealkylation sites (tertiary alicyclic amines) is 1. The van der Waals surface area contributed by atoms with Gasteiger partial charge in [-0.1, -0.05) is 20.8 Å². The van der Waals surface area contributed by atoms with Crippen LogP contribution in [0.2, 0.25) is 0 Å². The Morgan fingerprint density at radius 3 is 2.37 bits per heavy atom. The van der Waals surface area contributed by atoms with Crippen molar-refractivity contribution >= 4 is 5.91 Å². The fraction of sp³-hybridized carbons (Fsp3) is 0.933. The van der Waals surface area contributed by atoms with Crippen molar-refractivity contribution in [3.63, 3.8) is 0 Å². The quantitative estimate of drug-likeness (QED) is 0.770. The molecule has 2 unspecified atom stereocenters. The highest BCUT2D eigenvalue weighted by Gasteiger charge is 2.25. The van der Waals surface area contributed by atoms with Gasteiger partial charge in [0.25, 0.3) is 0 Å². The maximum absolute atomic E-state index is 12.2. The summed E-state index contributed by atoms with van der Waals surface area (Å²) in [4.78, 5) is 14.6. The fourth-order valence-electron chi connectivity index (χ4n) is 2.78. The van der Waals surface area contributed by atoms with Gasteiger partial charge in [0, 0.05) is 19.1 Å². The van der Waals surface area contributed by atoms with E-state index >= 15 is 0 Å². The second kappa shape index (κ2) is 7.25. The number of nitrogens with two attached hydrogens (primary N) is 1. The molecule has 0 spiro atoms. The molecule has 0 saturated carbocycles. The van der Waals surface area contributed by atoms with Gasteiger partial charge in [-0.25, -0.2) is 0 Å². The molecule has 19 heavy (non-hydrogen) atoms. The van der Waals surface area contributed by atoms with Crippen LogP contribution in [-0.4, -0.2) is 43.0 Å². The first-order chi connectivity index (χ1) is 8.81. The standard InChI is InChI=1S/C15H31N3O/c1-12(11-18-7-5-6-8-18)17-14(19)13(10-16)9-15(2,3)4/h12-13H,5-11,16H2,1-4H3,(H,17,19). The zero-order valence-corrected chi connectivity index (χ0v) is 13.0. The first kappa shape index (κ1) is 16.4. The summed E-state index contributed by atoms with van der Waals surface area (Å²) in [6.45, 7) is 12.3. The molecule has 1 fully saturated rings. The summed E-state index contributed by atoms with van der Waals surface area (Å²) in [7, 11) is 0. The van der Waals surface area contributed by atoms with Gasteiger partial charge in [-0.3, -0.25) is 4.79 Å². The maximum atomic E-state index is 12.2. The van der Waals surface area contributed by atoms with E-state index in [-0.39, 0.29) is 23.3 Å². The van der Waals surface area contributed by atoms with Gasteiger partial charge in [0.15, 0.2) is 0 Å². The van der Waals surface area contributed by atoms with Gasteiger partial charge in [0.05, 0.1) is 5.92 Å². The van der Waals surface area contributed by atoms with Crippen molar-refractivity contribution < 1.29 is 4.79 Å². The molecule has 0 aliphatic carbocycles. The van der Waals surface area contributed by atoms with Crippen LogP contribution in [0.5, 0.6) is 0 Å². The van der Waals surface area contributed by atoms with Crippen molar-refractivity contribution in [3.8, 4) is 0 Å². The number of carbonyl (C=O) groups is 1. The Balaban J connectivity index is 2.38. The number of rotatable bonds is 6. The Bertz CT molecular complexity index is 280. The van der Waals surface area contributed by atoms with E-state index < -0.39 is 0 Å². The second-order valence-corrected chi connectivity index (χ2v) is 7.11. The van der Waals surface area contributed by atoms with E-state index in [9.17, 15) is 4.79 Å². The third kappa shape index (κ3) is 6.39. The van der Waals surface area contributed by atoms with E-state index in [1.54, 1.807) is 0 Å². The lowest BCUT2D eigenvalue weighted by Gasteiger charge is -2.27. The summed E-state index contributed by atoms with van der Waals surface area (Å²) in [6.07, 6.45) is 3.41. The summed E-state index contributed by atoms with van der Waals surface area (Å²) < 4.78 is 0. The Morgan fingerprint density at radius 2 is 1.89 bits per heavy atom. The maximum Gasteiger partial charge on any atom is 0.224 e. The van der Waals surface area contributed by atoms with Crippen LogP contribution < -0.4 is 11.1 Å². The summed E-state index contributed by atoms with van der Waals surface area (Å²) in [6, 6.07) is 0.208. The minimum absolute atomic E-state index is 0.0685. The molecule has 1 aliphatic rings. The molecule has 0 aromatic carbocycles. The molecule has 0 aromatic rings. The smallest absolute Gasteiger partial charge is 0.224 e. The average Bonchev–Trinajstić information content (AvgIpc) is 2.76. The molecule has 4 nitrogen and oxygen atoms in total. The van der Waals surface area contributed by atoms with E-state index in [2.05, 4.69) is 37.9 Å². The lowest BCUT2D eigenvalue weighted by molar-refractivity contribution is -0.126. The van der Waals surface area contributed by atoms with Gasteiger partial charge in [0.2, 0.25) is 5.91 Å². The largest absolute Gasteiger partial charge is 0.352 e. The zero-order valence-electron chi connectivity index (χ0n) is 13.0. The molecule has 1 amide bonds. The first-order valence-electron chi connectivity index (χ1n) is 7.54. The number of hydrogen-bond acceptors (Lipinski definition) is 3. The third-order valence-electron chi connectivity index (χ3n) is 3.63. The first-order valence-corrected chi connectivity index (χ1v) is 7.54. The molecule has 4 heteroatoms. The highest BCUT2D eigenvalue weighted by atomic mass is 16.2. The molecular formula is C15H31N3O. The van der Waals surface area contributed by atoms with Crippen molar-refractivity contribution in [2.75, 3.05) is 26.2 Å². The van der Waals surface area contributed by atoms with Crippen molar-refractivity contribution in [2.24, 2.45) is 17.1 Å². The summed E-state index contributed by atoms with van der Waals surface area (Å²) in [5.41, 5.74) is 5.89. The Kier molecular flexibility index (Phi) is 6.27. The van der Waals surface area contributed by atoms with Crippen LogP contribution in [0.25, 0.3) is 0 Å². The molecule has 0 aromatic heterocycles. The monoisotopic (exact) mass is 269 g/mol. The Morgan fingerprint density at radius 1 is 1.32 bits per heavy atom. The van der Waals surface area contributed by atoms with Gasteiger partial charge < -0.3 is 16.0 Å². The molecule has 2 atom stereocenters. The van der Waals surface area contributed by atoms with Crippen LogP contribution in [0.15, 0.2) is 0 Å². The molecule has 3 N–H and O–H groups in total. The highest BCUT2D eigenvalue weighted by Crippen LogP contribution is 2.24. The van der Waals surface area contributed by atoms with E-state index in [0.29, 0.717) is 6.54 Å². The fourth-order valence-corrected chi connectivity index (χ4v) is 2.78. The van der Waals surface area contributed by atoms with E-state index in [1.165, 1.54) is 25.9 Å². The molecule has 112 valence electrons. The molecule has 0 radical (unpaired) electrons. The summed E-state index contributed by atoms with van der Waals surface area (Å²) >= 11 is 0. The number of carbonyl (C=O) groups excluding carboxylic acids is 1. The van der Waals surface area contributed by atoms with Crippen molar-refractivity contribution in [1.82, 2.24) is 10.2 Å². The molecule has 1 saturated heterocycles. The van der Waals surface area contributed by atoms with E-state index in [0.717, 1.165) is 13.0 Å². The van der Waals surface area contributed by atoms with Gasteiger partial charge in [0.1, 0.15) is 0 Å². The van der Waals surface area contributed by atoms with E-state index in [1.807, 2.05) is 0 Å². The molecule has 1 aliphatic heterocycles. The topological polar surface area (TPSA) is 58.4 Å². The van der Waals surface area contributed by atoms with Crippen LogP contribution in [0.3, 0.4) is 0 Å². The molecular weight excluding hydrogens is 238 g/mol. The van der Waals surface area contributed by atoms with Crippen LogP contribution >= 0.6 is 0 Å². The van der Waals surface area contributed by atoms with Gasteiger partial charge >= 0.3 is 0 Å². The van der Waals surface area contributed by atoms with Gasteiger partial charge in [-0.2, -0.15) is 0 Å². The number of amides is 1. The predicted octanol–water partition coefficient (Wildman–Crippen LogP) is 1.60. The summed E-state index contributed by atoms with van der Waals surface area (Å²) in [5.74, 6) is 0.0464. The van der Waals surface area contributed by atoms with Crippen LogP contribution in [0.4, 0.5) is 0 Å². The molecule has 1 heterocycles. The molecule has 1 rings (SSSR count). The normalized spacial score (nSPS) is 20.3. The SMILES string of the molecule is CC(CN1CCCC1)NC(=O)C(CN)CC(C)(C)C. The van der Waals surface area contributed by atoms with E-state index in [4.69, 9.17) is 5.73 Å². The van der Waals surface area contributed by atoms with Crippen LogP contribution in [0.1, 0.15) is 47.0 Å². The molecule has 0 bridgehead atoms. The lowest BCUT2D eigenvalue weighted by atomic mass is 9.84. The van der Waals surface area contributed by atoms with Crippen molar-refractivity contribution in [1.29, 1.82) is 0 Å². The van der Waals surface area contributed by atoms with Crippen LogP contribution in [-0.2, 0) is 4.79 Å². The zero-order chi connectivity index (χ0) is 14.5. The Hall–Kier alpha value is -0.610. The average molecular weight is 269 g/mol. The predicted molar refractivity (Wildman–Crippen MR) is 79.9 cm³/mol. The summed E-state index contributed by atoms with van der Waals surface area (Å²) in [5, 5.41) is 3.12. The highest BCUT2D eigenvalue weighted by molar-refractivity contribution is 5.79. The number of nitrogens with zero attached hydrogens (tertiary/aromatic N) is 1. The minimum Gasteiger partial charge on any atom is -0.352 e. The second-order valence-electron chi connectivity index (χ2n) is 7.11. The number of nitrogens with one attached hydrogen (secondary N) is 1. The third-order valence-corrected chi connectivity index (χ3v) is 3.63.